The number of hydrogen-bond acceptors (Lipinski definition) is 4. The minimum absolute atomic E-state index is 0.372. The number of amides is 1. The lowest BCUT2D eigenvalue weighted by Crippen LogP contribution is -2.53. The number of carbonyl (C=O) groups excluding carboxylic acids is 2. The highest BCUT2D eigenvalue weighted by molar-refractivity contribution is 5.73. The molecule has 98 valence electrons. The zero-order valence-corrected chi connectivity index (χ0v) is 10.9. The summed E-state index contributed by atoms with van der Waals surface area (Å²) in [6.45, 7) is 7.63. The second kappa shape index (κ2) is 4.94. The molecule has 0 aromatic rings. The Bertz CT molecular complexity index is 308. The van der Waals surface area contributed by atoms with Gasteiger partial charge in [-0.2, -0.15) is 0 Å². The summed E-state index contributed by atoms with van der Waals surface area (Å²) in [5.41, 5.74) is -0.564. The van der Waals surface area contributed by atoms with E-state index in [2.05, 4.69) is 0 Å². The normalized spacial score (nSPS) is 25.5. The van der Waals surface area contributed by atoms with Crippen LogP contribution in [0.3, 0.4) is 0 Å². The third-order valence-corrected chi connectivity index (χ3v) is 2.92. The molecule has 0 spiro atoms. The molecular weight excluding hydrogens is 222 g/mol. The molecular formula is C12H20NO4-. The second-order valence-corrected chi connectivity index (χ2v) is 5.48. The van der Waals surface area contributed by atoms with Crippen LogP contribution in [0.1, 0.15) is 40.5 Å². The summed E-state index contributed by atoms with van der Waals surface area (Å²) >= 11 is 0. The van der Waals surface area contributed by atoms with Gasteiger partial charge in [-0.15, -0.1) is 0 Å². The van der Waals surface area contributed by atoms with Gasteiger partial charge in [0.25, 0.3) is 0 Å². The first-order chi connectivity index (χ1) is 7.72. The Morgan fingerprint density at radius 2 is 1.94 bits per heavy atom. The number of rotatable bonds is 1. The van der Waals surface area contributed by atoms with Crippen LogP contribution in [0.5, 0.6) is 0 Å². The van der Waals surface area contributed by atoms with E-state index in [0.29, 0.717) is 19.4 Å². The van der Waals surface area contributed by atoms with E-state index in [1.54, 1.807) is 27.7 Å². The van der Waals surface area contributed by atoms with E-state index in [-0.39, 0.29) is 6.04 Å². The summed E-state index contributed by atoms with van der Waals surface area (Å²) in [7, 11) is 0. The molecule has 2 unspecified atom stereocenters. The van der Waals surface area contributed by atoms with Gasteiger partial charge in [0.05, 0.1) is 0 Å². The second-order valence-electron chi connectivity index (χ2n) is 5.48. The highest BCUT2D eigenvalue weighted by atomic mass is 16.6. The van der Waals surface area contributed by atoms with Crippen molar-refractivity contribution < 1.29 is 19.4 Å². The van der Waals surface area contributed by atoms with Crippen molar-refractivity contribution in [3.8, 4) is 0 Å². The lowest BCUT2D eigenvalue weighted by molar-refractivity contribution is -0.314. The van der Waals surface area contributed by atoms with Gasteiger partial charge < -0.3 is 19.5 Å². The maximum atomic E-state index is 11.9. The SMILES string of the molecule is CC1C(C(=O)[O-])CCCN1C(=O)OC(C)(C)C. The number of likely N-dealkylation sites (tertiary alicyclic amines) is 1. The molecule has 1 fully saturated rings. The van der Waals surface area contributed by atoms with Crippen LogP contribution in [0.4, 0.5) is 4.79 Å². The van der Waals surface area contributed by atoms with Crippen molar-refractivity contribution in [1.82, 2.24) is 4.90 Å². The van der Waals surface area contributed by atoms with Gasteiger partial charge in [-0.05, 0) is 40.5 Å². The molecule has 5 heteroatoms. The summed E-state index contributed by atoms with van der Waals surface area (Å²) in [5.74, 6) is -1.69. The number of carbonyl (C=O) groups is 2. The van der Waals surface area contributed by atoms with Crippen molar-refractivity contribution in [2.24, 2.45) is 5.92 Å². The Morgan fingerprint density at radius 1 is 1.35 bits per heavy atom. The maximum absolute atomic E-state index is 11.9. The van der Waals surface area contributed by atoms with Crippen molar-refractivity contribution >= 4 is 12.1 Å². The molecule has 17 heavy (non-hydrogen) atoms. The molecule has 0 saturated carbocycles. The first-order valence-electron chi connectivity index (χ1n) is 5.93. The molecule has 2 atom stereocenters. The van der Waals surface area contributed by atoms with Crippen LogP contribution in [0.25, 0.3) is 0 Å². The van der Waals surface area contributed by atoms with E-state index in [1.165, 1.54) is 4.90 Å². The van der Waals surface area contributed by atoms with Gasteiger partial charge in [-0.25, -0.2) is 4.79 Å². The summed E-state index contributed by atoms with van der Waals surface area (Å²) in [6.07, 6.45) is 0.779. The molecule has 1 aliphatic rings. The van der Waals surface area contributed by atoms with E-state index in [4.69, 9.17) is 4.74 Å². The number of ether oxygens (including phenoxy) is 1. The van der Waals surface area contributed by atoms with E-state index in [0.717, 1.165) is 0 Å². The van der Waals surface area contributed by atoms with E-state index >= 15 is 0 Å². The maximum Gasteiger partial charge on any atom is 0.410 e. The minimum Gasteiger partial charge on any atom is -0.550 e. The summed E-state index contributed by atoms with van der Waals surface area (Å²) in [5, 5.41) is 10.9. The fourth-order valence-electron chi connectivity index (χ4n) is 2.04. The molecule has 0 radical (unpaired) electrons. The Balaban J connectivity index is 2.70. The van der Waals surface area contributed by atoms with Crippen LogP contribution in [-0.2, 0) is 9.53 Å². The minimum atomic E-state index is -1.09. The van der Waals surface area contributed by atoms with Gasteiger partial charge in [-0.3, -0.25) is 0 Å². The van der Waals surface area contributed by atoms with Gasteiger partial charge in [0.15, 0.2) is 0 Å². The highest BCUT2D eigenvalue weighted by Gasteiger charge is 2.34. The molecule has 1 heterocycles. The average molecular weight is 242 g/mol. The highest BCUT2D eigenvalue weighted by Crippen LogP contribution is 2.24. The third kappa shape index (κ3) is 3.61. The first kappa shape index (κ1) is 13.8. The Labute approximate surface area is 102 Å². The van der Waals surface area contributed by atoms with Crippen LogP contribution in [-0.4, -0.2) is 35.2 Å². The van der Waals surface area contributed by atoms with Gasteiger partial charge >= 0.3 is 6.09 Å². The number of carboxylic acids is 1. The van der Waals surface area contributed by atoms with E-state index < -0.39 is 23.6 Å². The third-order valence-electron chi connectivity index (χ3n) is 2.92. The predicted molar refractivity (Wildman–Crippen MR) is 60.1 cm³/mol. The first-order valence-corrected chi connectivity index (χ1v) is 5.93. The summed E-state index contributed by atoms with van der Waals surface area (Å²) in [4.78, 5) is 24.3. The molecule has 1 rings (SSSR count). The lowest BCUT2D eigenvalue weighted by atomic mass is 9.91. The molecule has 1 saturated heterocycles. The van der Waals surface area contributed by atoms with Crippen molar-refractivity contribution in [2.45, 2.75) is 52.2 Å². The van der Waals surface area contributed by atoms with Crippen LogP contribution in [0.15, 0.2) is 0 Å². The quantitative estimate of drug-likeness (QED) is 0.681. The Morgan fingerprint density at radius 3 is 2.41 bits per heavy atom. The molecule has 0 aromatic heterocycles. The number of carboxylic acid groups (broad SMARTS) is 1. The van der Waals surface area contributed by atoms with Crippen LogP contribution < -0.4 is 5.11 Å². The fourth-order valence-corrected chi connectivity index (χ4v) is 2.04. The van der Waals surface area contributed by atoms with Crippen LogP contribution in [0, 0.1) is 5.92 Å². The zero-order valence-electron chi connectivity index (χ0n) is 10.9. The standard InChI is InChI=1S/C12H21NO4/c1-8-9(10(14)15)6-5-7-13(8)11(16)17-12(2,3)4/h8-9H,5-7H2,1-4H3,(H,14,15)/p-1. The molecule has 0 aromatic carbocycles. The van der Waals surface area contributed by atoms with Gasteiger partial charge in [0.1, 0.15) is 5.60 Å². The number of nitrogens with zero attached hydrogens (tertiary/aromatic N) is 1. The van der Waals surface area contributed by atoms with E-state index in [1.807, 2.05) is 0 Å². The largest absolute Gasteiger partial charge is 0.550 e. The number of piperidine rings is 1. The van der Waals surface area contributed by atoms with Crippen molar-refractivity contribution in [1.29, 1.82) is 0 Å². The molecule has 0 bridgehead atoms. The zero-order chi connectivity index (χ0) is 13.2. The Hall–Kier alpha value is -1.26. The summed E-state index contributed by atoms with van der Waals surface area (Å²) < 4.78 is 5.25. The van der Waals surface area contributed by atoms with Crippen LogP contribution in [0.2, 0.25) is 0 Å². The lowest BCUT2D eigenvalue weighted by Gasteiger charge is -2.40. The average Bonchev–Trinajstić information content (AvgIpc) is 2.14. The van der Waals surface area contributed by atoms with Gasteiger partial charge in [0, 0.05) is 24.5 Å². The van der Waals surface area contributed by atoms with Crippen molar-refractivity contribution in [3.05, 3.63) is 0 Å². The van der Waals surface area contributed by atoms with Crippen molar-refractivity contribution in [3.63, 3.8) is 0 Å². The van der Waals surface area contributed by atoms with Crippen molar-refractivity contribution in [2.75, 3.05) is 6.54 Å². The van der Waals surface area contributed by atoms with Gasteiger partial charge in [-0.1, -0.05) is 0 Å². The van der Waals surface area contributed by atoms with E-state index in [9.17, 15) is 14.7 Å². The molecule has 0 N–H and O–H groups in total. The molecule has 1 amide bonds. The number of hydrogen-bond donors (Lipinski definition) is 0. The van der Waals surface area contributed by atoms with Crippen LogP contribution >= 0.6 is 0 Å². The van der Waals surface area contributed by atoms with Gasteiger partial charge in [0.2, 0.25) is 0 Å². The molecule has 5 nitrogen and oxygen atoms in total. The topological polar surface area (TPSA) is 69.7 Å². The number of aliphatic carboxylic acids is 1. The fraction of sp³-hybridized carbons (Fsp3) is 0.833. The molecule has 1 aliphatic heterocycles. The molecule has 0 aliphatic carbocycles. The summed E-state index contributed by atoms with van der Waals surface area (Å²) in [6, 6.07) is -0.372. The monoisotopic (exact) mass is 242 g/mol. The predicted octanol–water partition coefficient (Wildman–Crippen LogP) is 0.772. The smallest absolute Gasteiger partial charge is 0.410 e. The Kier molecular flexibility index (Phi) is 4.01.